The summed E-state index contributed by atoms with van der Waals surface area (Å²) in [5, 5.41) is 20.9. The van der Waals surface area contributed by atoms with E-state index in [0.717, 1.165) is 6.07 Å². The van der Waals surface area contributed by atoms with Crippen molar-refractivity contribution >= 4 is 74.5 Å². The average Bonchev–Trinajstić information content (AvgIpc) is 2.64. The first-order valence-electron chi connectivity index (χ1n) is 8.65. The first-order valence-corrected chi connectivity index (χ1v) is 10.2. The molecule has 0 spiro atoms. The molecule has 10 nitrogen and oxygen atoms in total. The highest BCUT2D eigenvalue weighted by Gasteiger charge is 2.33. The summed E-state index contributed by atoms with van der Waals surface area (Å²) in [5.74, 6) is -2.78. The number of rotatable bonds is 2. The molecule has 2 rings (SSSR count). The van der Waals surface area contributed by atoms with Gasteiger partial charge in [-0.25, -0.2) is 14.0 Å². The van der Waals surface area contributed by atoms with Crippen LogP contribution in [0.5, 0.6) is 0 Å². The van der Waals surface area contributed by atoms with Gasteiger partial charge in [0.2, 0.25) is 11.9 Å². The van der Waals surface area contributed by atoms with Crippen LogP contribution in [0.4, 0.5) is 25.4 Å². The van der Waals surface area contributed by atoms with Crippen molar-refractivity contribution in [2.75, 3.05) is 10.6 Å². The minimum absolute atomic E-state index is 0.105. The van der Waals surface area contributed by atoms with Crippen LogP contribution in [0.25, 0.3) is 0 Å². The number of aryl methyl sites for hydroxylation is 2. The highest BCUT2D eigenvalue weighted by atomic mass is 79.9. The second kappa shape index (κ2) is 10.0. The van der Waals surface area contributed by atoms with Gasteiger partial charge in [0.25, 0.3) is 0 Å². The van der Waals surface area contributed by atoms with Crippen molar-refractivity contribution in [2.24, 2.45) is 11.5 Å². The maximum Gasteiger partial charge on any atom is 0.348 e. The van der Waals surface area contributed by atoms with Gasteiger partial charge in [-0.3, -0.25) is 10.8 Å². The molecule has 0 saturated heterocycles. The lowest BCUT2D eigenvalue weighted by molar-refractivity contribution is 0.158. The highest BCUT2D eigenvalue weighted by Crippen LogP contribution is 2.30. The Kier molecular flexibility index (Phi) is 7.88. The number of hydrogen-bond acceptors (Lipinski definition) is 4. The van der Waals surface area contributed by atoms with Crippen molar-refractivity contribution in [3.63, 3.8) is 0 Å². The topological polar surface area (TPSA) is 164 Å². The molecule has 0 heterocycles. The molecule has 0 radical (unpaired) electrons. The van der Waals surface area contributed by atoms with E-state index in [4.69, 9.17) is 45.5 Å². The quantitative estimate of drug-likeness (QED) is 0.184. The van der Waals surface area contributed by atoms with E-state index in [1.54, 1.807) is 13.0 Å². The third kappa shape index (κ3) is 5.58. The summed E-state index contributed by atoms with van der Waals surface area (Å²) in [6, 6.07) is 3.20. The lowest BCUT2D eigenvalue weighted by Crippen LogP contribution is -2.61. The Morgan fingerprint density at radius 1 is 0.938 bits per heavy atom. The van der Waals surface area contributed by atoms with Crippen LogP contribution in [0, 0.1) is 30.5 Å². The molecule has 0 saturated carbocycles. The summed E-state index contributed by atoms with van der Waals surface area (Å²) in [5.41, 5.74) is 11.7. The van der Waals surface area contributed by atoms with E-state index in [-0.39, 0.29) is 32.0 Å². The minimum Gasteiger partial charge on any atom is -0.368 e. The lowest BCUT2D eigenvalue weighted by atomic mass is 10.2. The molecule has 0 unspecified atom stereocenters. The van der Waals surface area contributed by atoms with E-state index in [2.05, 4.69) is 26.6 Å². The van der Waals surface area contributed by atoms with E-state index in [9.17, 15) is 14.0 Å². The number of carbonyl (C=O) groups excluding carboxylic acids is 2. The molecule has 4 amide bonds. The third-order valence-corrected chi connectivity index (χ3v) is 4.98. The molecule has 0 aliphatic heterocycles. The fourth-order valence-electron chi connectivity index (χ4n) is 2.66. The lowest BCUT2D eigenvalue weighted by Gasteiger charge is -2.32. The number of hydrogen-bond donors (Lipinski definition) is 6. The minimum atomic E-state index is -1.23. The summed E-state index contributed by atoms with van der Waals surface area (Å²) in [4.78, 5) is 25.7. The number of urea groups is 2. The van der Waals surface area contributed by atoms with Crippen LogP contribution in [0.2, 0.25) is 10.0 Å². The maximum absolute atomic E-state index is 14.3. The number of nitrogens with zero attached hydrogens (tertiary/aromatic N) is 2. The van der Waals surface area contributed by atoms with Gasteiger partial charge in [0.15, 0.2) is 0 Å². The molecule has 170 valence electrons. The van der Waals surface area contributed by atoms with Crippen LogP contribution in [0.1, 0.15) is 11.1 Å². The van der Waals surface area contributed by atoms with Crippen LogP contribution in [-0.4, -0.2) is 34.0 Å². The number of nitrogens with two attached hydrogens (primary N) is 2. The summed E-state index contributed by atoms with van der Waals surface area (Å²) in [6.07, 6.45) is 0. The van der Waals surface area contributed by atoms with Gasteiger partial charge in [0.05, 0.1) is 16.4 Å². The molecule has 0 aliphatic rings. The Morgan fingerprint density at radius 2 is 1.41 bits per heavy atom. The number of amides is 4. The Bertz CT molecular complexity index is 997. The molecule has 8 N–H and O–H groups in total. The summed E-state index contributed by atoms with van der Waals surface area (Å²) in [7, 11) is 0. The summed E-state index contributed by atoms with van der Waals surface area (Å²) < 4.78 is 14.9. The standard InChI is InChI=1S/C18H18BrCl2FN8O2/c1-7-3-9(19)5-11(21)13(7)27-17(31)29(15(23)24)30(16(25)26)18(32)28-14-8(2)4-10(20)6-12(14)22/h3-6H,1-2H3,(H3,23,24)(H3,25,26)(H,27,31)(H,28,32). The van der Waals surface area contributed by atoms with Crippen LogP contribution in [0.3, 0.4) is 0 Å². The van der Waals surface area contributed by atoms with E-state index in [1.165, 1.54) is 19.1 Å². The van der Waals surface area contributed by atoms with Crippen LogP contribution >= 0.6 is 39.1 Å². The van der Waals surface area contributed by atoms with Crippen molar-refractivity contribution < 1.29 is 14.0 Å². The van der Waals surface area contributed by atoms with Gasteiger partial charge in [-0.1, -0.05) is 39.1 Å². The summed E-state index contributed by atoms with van der Waals surface area (Å²) >= 11 is 15.2. The normalized spacial score (nSPS) is 10.3. The van der Waals surface area contributed by atoms with E-state index < -0.39 is 29.8 Å². The fourth-order valence-corrected chi connectivity index (χ4v) is 3.93. The summed E-state index contributed by atoms with van der Waals surface area (Å²) in [6.45, 7) is 3.14. The number of hydrazine groups is 1. The van der Waals surface area contributed by atoms with E-state index in [0.29, 0.717) is 15.0 Å². The number of guanidine groups is 2. The predicted octanol–water partition coefficient (Wildman–Crippen LogP) is 4.58. The van der Waals surface area contributed by atoms with Crippen molar-refractivity contribution in [1.29, 1.82) is 10.8 Å². The van der Waals surface area contributed by atoms with Crippen LogP contribution in [-0.2, 0) is 0 Å². The SMILES string of the molecule is Cc1cc(Cl)cc(F)c1NC(=O)N(C(=N)N)N(C(=N)N)C(=O)Nc1c(C)cc(Br)cc1Cl. The fraction of sp³-hybridized carbons (Fsp3) is 0.111. The predicted molar refractivity (Wildman–Crippen MR) is 126 cm³/mol. The zero-order chi connectivity index (χ0) is 24.3. The molecule has 0 bridgehead atoms. The van der Waals surface area contributed by atoms with Gasteiger partial charge in [-0.2, -0.15) is 10.0 Å². The van der Waals surface area contributed by atoms with E-state index >= 15 is 0 Å². The number of anilines is 2. The molecule has 2 aromatic carbocycles. The van der Waals surface area contributed by atoms with Gasteiger partial charge >= 0.3 is 12.1 Å². The van der Waals surface area contributed by atoms with Crippen molar-refractivity contribution in [2.45, 2.75) is 13.8 Å². The number of carbonyl (C=O) groups is 2. The zero-order valence-corrected chi connectivity index (χ0v) is 19.8. The molecule has 32 heavy (non-hydrogen) atoms. The van der Waals surface area contributed by atoms with E-state index in [1.807, 2.05) is 0 Å². The Balaban J connectivity index is 2.40. The molecular formula is C18H18BrCl2FN8O2. The zero-order valence-electron chi connectivity index (χ0n) is 16.7. The van der Waals surface area contributed by atoms with Gasteiger partial charge in [0, 0.05) is 9.50 Å². The van der Waals surface area contributed by atoms with Crippen molar-refractivity contribution in [3.05, 3.63) is 55.7 Å². The number of halogens is 4. The first-order chi connectivity index (χ1) is 14.8. The van der Waals surface area contributed by atoms with Gasteiger partial charge < -0.3 is 22.1 Å². The van der Waals surface area contributed by atoms with Crippen molar-refractivity contribution in [3.8, 4) is 0 Å². The van der Waals surface area contributed by atoms with Gasteiger partial charge in [0.1, 0.15) is 5.82 Å². The van der Waals surface area contributed by atoms with Crippen molar-refractivity contribution in [1.82, 2.24) is 10.0 Å². The Hall–Kier alpha value is -3.09. The molecular weight excluding hydrogens is 530 g/mol. The number of benzene rings is 2. The molecule has 0 aliphatic carbocycles. The maximum atomic E-state index is 14.3. The molecule has 0 atom stereocenters. The molecule has 14 heteroatoms. The highest BCUT2D eigenvalue weighted by molar-refractivity contribution is 9.10. The largest absolute Gasteiger partial charge is 0.368 e. The van der Waals surface area contributed by atoms with Gasteiger partial charge in [-0.15, -0.1) is 0 Å². The second-order valence-electron chi connectivity index (χ2n) is 6.41. The Morgan fingerprint density at radius 3 is 1.84 bits per heavy atom. The smallest absolute Gasteiger partial charge is 0.348 e. The van der Waals surface area contributed by atoms with Crippen LogP contribution in [0.15, 0.2) is 28.7 Å². The van der Waals surface area contributed by atoms with Crippen LogP contribution < -0.4 is 22.1 Å². The second-order valence-corrected chi connectivity index (χ2v) is 8.17. The van der Waals surface area contributed by atoms with Gasteiger partial charge in [-0.05, 0) is 49.2 Å². The number of nitrogens with one attached hydrogen (secondary N) is 4. The molecule has 0 fully saturated rings. The molecule has 2 aromatic rings. The average molecular weight is 548 g/mol. The third-order valence-electron chi connectivity index (χ3n) is 4.01. The molecule has 0 aromatic heterocycles. The monoisotopic (exact) mass is 546 g/mol. The first kappa shape index (κ1) is 25.2. The Labute approximate surface area is 200 Å².